The Hall–Kier alpha value is -6.65. The van der Waals surface area contributed by atoms with Gasteiger partial charge in [-0.05, 0) is 68.4 Å². The Morgan fingerprint density at radius 3 is 1.57 bits per heavy atom. The third kappa shape index (κ3) is 4.65. The van der Waals surface area contributed by atoms with Gasteiger partial charge in [-0.25, -0.2) is 15.0 Å². The normalized spacial score (nSPS) is 11.7. The van der Waals surface area contributed by atoms with Crippen molar-refractivity contribution >= 4 is 54.3 Å². The van der Waals surface area contributed by atoms with Crippen molar-refractivity contribution in [3.63, 3.8) is 0 Å². The maximum absolute atomic E-state index is 6.56. The van der Waals surface area contributed by atoms with Crippen LogP contribution in [0.4, 0.5) is 0 Å². The van der Waals surface area contributed by atoms with Gasteiger partial charge in [0.2, 0.25) is 0 Å². The van der Waals surface area contributed by atoms with Crippen molar-refractivity contribution in [3.8, 4) is 45.3 Å². The molecule has 0 saturated heterocycles. The van der Waals surface area contributed by atoms with Crippen LogP contribution in [0.1, 0.15) is 0 Å². The van der Waals surface area contributed by atoms with E-state index in [1.54, 1.807) is 0 Å². The Kier molecular flexibility index (Phi) is 6.15. The van der Waals surface area contributed by atoms with E-state index in [-0.39, 0.29) is 0 Å². The molecular weight excluding hydrogens is 599 g/mol. The molecule has 0 spiro atoms. The minimum atomic E-state index is 0.617. The Labute approximate surface area is 282 Å². The summed E-state index contributed by atoms with van der Waals surface area (Å²) in [5.41, 5.74) is 6.79. The summed E-state index contributed by atoms with van der Waals surface area (Å²) in [4.78, 5) is 15.5. The average Bonchev–Trinajstić information content (AvgIpc) is 3.56. The molecule has 2 aromatic heterocycles. The van der Waals surface area contributed by atoms with Crippen molar-refractivity contribution < 1.29 is 4.42 Å². The minimum absolute atomic E-state index is 0.617. The molecule has 49 heavy (non-hydrogen) atoms. The van der Waals surface area contributed by atoms with E-state index in [0.29, 0.717) is 17.5 Å². The summed E-state index contributed by atoms with van der Waals surface area (Å²) in [6, 6.07) is 57.0. The van der Waals surface area contributed by atoms with Crippen LogP contribution in [0.3, 0.4) is 0 Å². The zero-order chi connectivity index (χ0) is 32.3. The Morgan fingerprint density at radius 1 is 0.327 bits per heavy atom. The van der Waals surface area contributed by atoms with Crippen molar-refractivity contribution in [3.05, 3.63) is 164 Å². The maximum atomic E-state index is 6.56. The van der Waals surface area contributed by atoms with Crippen molar-refractivity contribution in [2.75, 3.05) is 0 Å². The van der Waals surface area contributed by atoms with E-state index in [1.807, 2.05) is 18.2 Å². The van der Waals surface area contributed by atoms with Crippen molar-refractivity contribution in [1.29, 1.82) is 0 Å². The fourth-order valence-electron chi connectivity index (χ4n) is 7.00. The number of furan rings is 1. The van der Waals surface area contributed by atoms with E-state index in [2.05, 4.69) is 146 Å². The molecule has 4 heteroatoms. The van der Waals surface area contributed by atoms with Gasteiger partial charge < -0.3 is 4.42 Å². The van der Waals surface area contributed by atoms with Crippen LogP contribution >= 0.6 is 0 Å². The third-order valence-electron chi connectivity index (χ3n) is 9.48. The van der Waals surface area contributed by atoms with Gasteiger partial charge in [0, 0.05) is 32.8 Å². The lowest BCUT2D eigenvalue weighted by Crippen LogP contribution is -2.01. The smallest absolute Gasteiger partial charge is 0.164 e. The summed E-state index contributed by atoms with van der Waals surface area (Å²) in [5.74, 6) is 1.88. The Bertz CT molecular complexity index is 2790. The Balaban J connectivity index is 1.27. The molecule has 8 aromatic carbocycles. The van der Waals surface area contributed by atoms with Crippen LogP contribution in [-0.2, 0) is 0 Å². The first kappa shape index (κ1) is 27.5. The van der Waals surface area contributed by atoms with Crippen molar-refractivity contribution in [2.45, 2.75) is 0 Å². The maximum Gasteiger partial charge on any atom is 0.164 e. The van der Waals surface area contributed by atoms with Crippen molar-refractivity contribution in [2.24, 2.45) is 0 Å². The van der Waals surface area contributed by atoms with Crippen LogP contribution in [-0.4, -0.2) is 15.0 Å². The summed E-state index contributed by atoms with van der Waals surface area (Å²) in [5, 5.41) is 8.75. The number of benzene rings is 8. The van der Waals surface area contributed by atoms with E-state index in [4.69, 9.17) is 19.4 Å². The predicted octanol–water partition coefficient (Wildman–Crippen LogP) is 11.9. The molecule has 228 valence electrons. The second-order valence-corrected chi connectivity index (χ2v) is 12.5. The summed E-state index contributed by atoms with van der Waals surface area (Å²) < 4.78 is 6.56. The fraction of sp³-hybridized carbons (Fsp3) is 0. The molecule has 0 unspecified atom stereocenters. The fourth-order valence-corrected chi connectivity index (χ4v) is 7.00. The summed E-state index contributed by atoms with van der Waals surface area (Å²) in [6.07, 6.45) is 0. The number of fused-ring (bicyclic) bond motifs is 7. The lowest BCUT2D eigenvalue weighted by atomic mass is 9.95. The first-order valence-corrected chi connectivity index (χ1v) is 16.4. The molecule has 0 radical (unpaired) electrons. The molecule has 0 fully saturated rings. The van der Waals surface area contributed by atoms with Gasteiger partial charge in [0.15, 0.2) is 17.5 Å². The molecule has 0 aliphatic rings. The van der Waals surface area contributed by atoms with Gasteiger partial charge in [-0.1, -0.05) is 133 Å². The van der Waals surface area contributed by atoms with Crippen LogP contribution in [0.15, 0.2) is 168 Å². The lowest BCUT2D eigenvalue weighted by molar-refractivity contribution is 0.672. The number of rotatable bonds is 4. The second kappa shape index (κ2) is 11.0. The highest BCUT2D eigenvalue weighted by Gasteiger charge is 2.20. The van der Waals surface area contributed by atoms with Crippen LogP contribution in [0, 0.1) is 0 Å². The van der Waals surface area contributed by atoms with Crippen LogP contribution in [0.5, 0.6) is 0 Å². The minimum Gasteiger partial charge on any atom is -0.455 e. The van der Waals surface area contributed by atoms with Crippen LogP contribution in [0.2, 0.25) is 0 Å². The topological polar surface area (TPSA) is 51.8 Å². The monoisotopic (exact) mass is 625 g/mol. The molecule has 4 nitrogen and oxygen atoms in total. The predicted molar refractivity (Wildman–Crippen MR) is 201 cm³/mol. The molecule has 0 atom stereocenters. The molecule has 0 bridgehead atoms. The van der Waals surface area contributed by atoms with E-state index in [9.17, 15) is 0 Å². The standard InChI is InChI=1S/C45H27N3O/c1-2-10-28(11-3-1)33-22-23-36-38(26-33)42-39(37-16-8-9-17-41(37)49-42)27-40(36)45-47-43(34-20-18-29-12-4-6-14-31(29)24-34)46-44(48-45)35-21-19-30-13-5-7-15-32(30)25-35/h1-27H. The van der Waals surface area contributed by atoms with Gasteiger partial charge in [-0.3, -0.25) is 0 Å². The van der Waals surface area contributed by atoms with Crippen LogP contribution < -0.4 is 0 Å². The molecular formula is C45H27N3O. The van der Waals surface area contributed by atoms with Gasteiger partial charge in [0.1, 0.15) is 11.2 Å². The van der Waals surface area contributed by atoms with Crippen LogP contribution in [0.25, 0.3) is 99.5 Å². The molecule has 10 aromatic rings. The third-order valence-corrected chi connectivity index (χ3v) is 9.48. The highest BCUT2D eigenvalue weighted by atomic mass is 16.3. The largest absolute Gasteiger partial charge is 0.455 e. The summed E-state index contributed by atoms with van der Waals surface area (Å²) in [6.45, 7) is 0. The van der Waals surface area contributed by atoms with Gasteiger partial charge in [-0.2, -0.15) is 0 Å². The number of hydrogen-bond acceptors (Lipinski definition) is 4. The van der Waals surface area contributed by atoms with E-state index in [0.717, 1.165) is 71.3 Å². The van der Waals surface area contributed by atoms with Gasteiger partial charge in [0.05, 0.1) is 0 Å². The van der Waals surface area contributed by atoms with Crippen molar-refractivity contribution in [1.82, 2.24) is 15.0 Å². The molecule has 0 aliphatic carbocycles. The first-order valence-electron chi connectivity index (χ1n) is 16.4. The molecule has 10 rings (SSSR count). The molecule has 0 N–H and O–H groups in total. The number of para-hydroxylation sites is 1. The average molecular weight is 626 g/mol. The molecule has 2 heterocycles. The first-order chi connectivity index (χ1) is 24.2. The summed E-state index contributed by atoms with van der Waals surface area (Å²) in [7, 11) is 0. The zero-order valence-electron chi connectivity index (χ0n) is 26.3. The number of hydrogen-bond donors (Lipinski definition) is 0. The van der Waals surface area contributed by atoms with Gasteiger partial charge >= 0.3 is 0 Å². The highest BCUT2D eigenvalue weighted by Crippen LogP contribution is 2.41. The van der Waals surface area contributed by atoms with E-state index in [1.165, 1.54) is 10.8 Å². The molecule has 0 saturated carbocycles. The number of aromatic nitrogens is 3. The Morgan fingerprint density at radius 2 is 0.878 bits per heavy atom. The van der Waals surface area contributed by atoms with Gasteiger partial charge in [0.25, 0.3) is 0 Å². The second-order valence-electron chi connectivity index (χ2n) is 12.5. The van der Waals surface area contributed by atoms with Gasteiger partial charge in [-0.15, -0.1) is 0 Å². The SMILES string of the molecule is c1ccc(-c2ccc3c(-c4nc(-c5ccc6ccccc6c5)nc(-c5ccc6ccccc6c5)n4)cc4c5ccccc5oc4c3c2)cc1. The molecule has 0 amide bonds. The molecule has 0 aliphatic heterocycles. The quantitative estimate of drug-likeness (QED) is 0.195. The zero-order valence-corrected chi connectivity index (χ0v) is 26.3. The highest BCUT2D eigenvalue weighted by molar-refractivity contribution is 6.19. The number of nitrogens with zero attached hydrogens (tertiary/aromatic N) is 3. The summed E-state index contributed by atoms with van der Waals surface area (Å²) >= 11 is 0. The lowest BCUT2D eigenvalue weighted by Gasteiger charge is -2.12. The van der Waals surface area contributed by atoms with E-state index >= 15 is 0 Å². The van der Waals surface area contributed by atoms with E-state index < -0.39 is 0 Å².